The smallest absolute Gasteiger partial charge is 0.265 e. The highest BCUT2D eigenvalue weighted by molar-refractivity contribution is 7.93. The molecule has 0 aliphatic carbocycles. The molecule has 0 radical (unpaired) electrons. The molecule has 0 saturated carbocycles. The highest BCUT2D eigenvalue weighted by atomic mass is 32.2. The van der Waals surface area contributed by atoms with Gasteiger partial charge in [0.25, 0.3) is 15.9 Å². The predicted octanol–water partition coefficient (Wildman–Crippen LogP) is 4.55. The number of benzene rings is 2. The lowest BCUT2D eigenvalue weighted by molar-refractivity contribution is 0.103. The lowest BCUT2D eigenvalue weighted by atomic mass is 10.2. The van der Waals surface area contributed by atoms with Gasteiger partial charge < -0.3 is 5.32 Å². The summed E-state index contributed by atoms with van der Waals surface area (Å²) in [7, 11) is -3.75. The van der Waals surface area contributed by atoms with Crippen molar-refractivity contribution in [3.05, 3.63) is 70.8 Å². The number of sulfonamides is 1. The van der Waals surface area contributed by atoms with E-state index in [1.54, 1.807) is 17.5 Å². The number of carbonyl (C=O) groups excluding carboxylic acids is 1. The van der Waals surface area contributed by atoms with E-state index in [1.165, 1.54) is 65.3 Å². The fourth-order valence-corrected chi connectivity index (χ4v) is 5.21. The molecule has 0 aliphatic rings. The van der Waals surface area contributed by atoms with Crippen molar-refractivity contribution < 1.29 is 17.6 Å². The van der Waals surface area contributed by atoms with Crippen molar-refractivity contribution in [3.8, 4) is 0 Å². The van der Waals surface area contributed by atoms with Crippen molar-refractivity contribution in [3.63, 3.8) is 0 Å². The largest absolute Gasteiger partial charge is 0.321 e. The Morgan fingerprint density at radius 1 is 1.07 bits per heavy atom. The highest BCUT2D eigenvalue weighted by Gasteiger charge is 2.16. The number of thiazole rings is 1. The number of halogens is 1. The maximum absolute atomic E-state index is 13.3. The Labute approximate surface area is 167 Å². The zero-order chi connectivity index (χ0) is 19.7. The van der Waals surface area contributed by atoms with Crippen molar-refractivity contribution in [2.75, 3.05) is 10.0 Å². The zero-order valence-corrected chi connectivity index (χ0v) is 16.5. The van der Waals surface area contributed by atoms with Crippen LogP contribution in [0, 0.1) is 5.82 Å². The molecule has 0 fully saturated rings. The van der Waals surface area contributed by atoms with Crippen molar-refractivity contribution in [1.82, 2.24) is 4.98 Å². The summed E-state index contributed by atoms with van der Waals surface area (Å²) in [5, 5.41) is 5.31. The van der Waals surface area contributed by atoms with E-state index in [0.717, 1.165) is 4.70 Å². The number of hydrogen-bond acceptors (Lipinski definition) is 6. The monoisotopic (exact) mass is 433 g/mol. The van der Waals surface area contributed by atoms with Gasteiger partial charge in [0.15, 0.2) is 5.13 Å². The molecule has 4 aromatic rings. The maximum Gasteiger partial charge on any atom is 0.265 e. The molecule has 0 bridgehead atoms. The second-order valence-corrected chi connectivity index (χ2v) is 9.37. The van der Waals surface area contributed by atoms with E-state index in [-0.39, 0.29) is 21.8 Å². The van der Waals surface area contributed by atoms with Crippen LogP contribution < -0.4 is 10.0 Å². The topological polar surface area (TPSA) is 88.2 Å². The van der Waals surface area contributed by atoms with Crippen LogP contribution in [0.25, 0.3) is 10.1 Å². The molecule has 142 valence electrons. The lowest BCUT2D eigenvalue weighted by Crippen LogP contribution is -2.13. The number of aromatic nitrogens is 1. The maximum atomic E-state index is 13.3. The van der Waals surface area contributed by atoms with Crippen LogP contribution in [0.15, 0.2) is 65.0 Å². The molecule has 1 amide bonds. The van der Waals surface area contributed by atoms with Crippen molar-refractivity contribution in [1.29, 1.82) is 0 Å². The van der Waals surface area contributed by atoms with E-state index >= 15 is 0 Å². The molecule has 0 unspecified atom stereocenters. The number of nitrogens with one attached hydrogen (secondary N) is 2. The van der Waals surface area contributed by atoms with Gasteiger partial charge in [-0.1, -0.05) is 0 Å². The molecule has 4 rings (SSSR count). The zero-order valence-electron chi connectivity index (χ0n) is 14.0. The Bertz CT molecular complexity index is 1250. The first-order chi connectivity index (χ1) is 13.4. The summed E-state index contributed by atoms with van der Waals surface area (Å²) in [6.45, 7) is 0. The molecule has 28 heavy (non-hydrogen) atoms. The summed E-state index contributed by atoms with van der Waals surface area (Å²) in [5.41, 5.74) is 0.446. The van der Waals surface area contributed by atoms with Gasteiger partial charge in [-0.3, -0.25) is 9.52 Å². The Hall–Kier alpha value is -2.82. The molecule has 0 spiro atoms. The number of nitrogens with zero attached hydrogens (tertiary/aromatic N) is 1. The molecule has 0 saturated heterocycles. The molecule has 2 aromatic carbocycles. The standard InChI is InChI=1S/C18H12FN3O3S3/c19-12-1-6-15-11(9-12)10-16(27-15)17(23)21-13-2-4-14(5-3-13)28(24,25)22-18-20-7-8-26-18/h1-10H,(H,20,22)(H,21,23). The van der Waals surface area contributed by atoms with E-state index < -0.39 is 10.0 Å². The molecule has 0 atom stereocenters. The van der Waals surface area contributed by atoms with Gasteiger partial charge in [-0.2, -0.15) is 0 Å². The molecule has 6 nitrogen and oxygen atoms in total. The Morgan fingerprint density at radius 2 is 1.86 bits per heavy atom. The minimum Gasteiger partial charge on any atom is -0.321 e. The van der Waals surface area contributed by atoms with Crippen LogP contribution in [-0.2, 0) is 10.0 Å². The van der Waals surface area contributed by atoms with Crippen molar-refractivity contribution >= 4 is 59.5 Å². The number of thiophene rings is 1. The number of carbonyl (C=O) groups is 1. The van der Waals surface area contributed by atoms with Gasteiger partial charge in [0.2, 0.25) is 0 Å². The predicted molar refractivity (Wildman–Crippen MR) is 109 cm³/mol. The third kappa shape index (κ3) is 3.88. The van der Waals surface area contributed by atoms with Crippen LogP contribution in [-0.4, -0.2) is 19.3 Å². The number of fused-ring (bicyclic) bond motifs is 1. The average Bonchev–Trinajstić information content (AvgIpc) is 3.31. The molecule has 10 heteroatoms. The number of anilines is 2. The minimum atomic E-state index is -3.75. The SMILES string of the molecule is O=C(Nc1ccc(S(=O)(=O)Nc2nccs2)cc1)c1cc2cc(F)ccc2s1. The van der Waals surface area contributed by atoms with E-state index in [9.17, 15) is 17.6 Å². The summed E-state index contributed by atoms with van der Waals surface area (Å²) in [6, 6.07) is 11.8. The van der Waals surface area contributed by atoms with Gasteiger partial charge in [-0.15, -0.1) is 22.7 Å². The summed E-state index contributed by atoms with van der Waals surface area (Å²) >= 11 is 2.43. The van der Waals surface area contributed by atoms with E-state index in [0.29, 0.717) is 16.0 Å². The normalized spacial score (nSPS) is 11.5. The summed E-state index contributed by atoms with van der Waals surface area (Å²) in [5.74, 6) is -0.710. The van der Waals surface area contributed by atoms with Gasteiger partial charge in [0.1, 0.15) is 5.82 Å². The quantitative estimate of drug-likeness (QED) is 0.483. The molecule has 0 aliphatic heterocycles. The fourth-order valence-electron chi connectivity index (χ4n) is 2.48. The van der Waals surface area contributed by atoms with E-state index in [2.05, 4.69) is 15.0 Å². The van der Waals surface area contributed by atoms with Gasteiger partial charge in [0.05, 0.1) is 9.77 Å². The van der Waals surface area contributed by atoms with Crippen LogP contribution >= 0.6 is 22.7 Å². The molecular formula is C18H12FN3O3S3. The summed E-state index contributed by atoms with van der Waals surface area (Å²) < 4.78 is 41.1. The van der Waals surface area contributed by atoms with E-state index in [1.807, 2.05) is 0 Å². The van der Waals surface area contributed by atoms with Gasteiger partial charge >= 0.3 is 0 Å². The van der Waals surface area contributed by atoms with Crippen LogP contribution in [0.1, 0.15) is 9.67 Å². The first-order valence-electron chi connectivity index (χ1n) is 7.93. The molecule has 2 heterocycles. The Balaban J connectivity index is 1.49. The first kappa shape index (κ1) is 18.5. The molecular weight excluding hydrogens is 421 g/mol. The first-order valence-corrected chi connectivity index (χ1v) is 11.1. The molecule has 2 N–H and O–H groups in total. The van der Waals surface area contributed by atoms with Crippen molar-refractivity contribution in [2.45, 2.75) is 4.90 Å². The second-order valence-electron chi connectivity index (χ2n) is 5.71. The fraction of sp³-hybridized carbons (Fsp3) is 0. The average molecular weight is 434 g/mol. The Kier molecular flexibility index (Phi) is 4.84. The van der Waals surface area contributed by atoms with Crippen LogP contribution in [0.3, 0.4) is 0 Å². The third-order valence-electron chi connectivity index (χ3n) is 3.78. The number of amides is 1. The minimum absolute atomic E-state index is 0.0537. The van der Waals surface area contributed by atoms with Gasteiger partial charge in [0, 0.05) is 22.0 Å². The Morgan fingerprint density at radius 3 is 2.57 bits per heavy atom. The highest BCUT2D eigenvalue weighted by Crippen LogP contribution is 2.27. The van der Waals surface area contributed by atoms with Crippen LogP contribution in [0.5, 0.6) is 0 Å². The summed E-state index contributed by atoms with van der Waals surface area (Å²) in [4.78, 5) is 16.8. The second kappa shape index (κ2) is 7.30. The number of hydrogen-bond donors (Lipinski definition) is 2. The lowest BCUT2D eigenvalue weighted by Gasteiger charge is -2.07. The third-order valence-corrected chi connectivity index (χ3v) is 7.07. The van der Waals surface area contributed by atoms with Crippen molar-refractivity contribution in [2.24, 2.45) is 0 Å². The molecule has 2 aromatic heterocycles. The van der Waals surface area contributed by atoms with Crippen LogP contribution in [0.2, 0.25) is 0 Å². The van der Waals surface area contributed by atoms with Crippen LogP contribution in [0.4, 0.5) is 15.2 Å². The number of rotatable bonds is 5. The summed E-state index contributed by atoms with van der Waals surface area (Å²) in [6.07, 6.45) is 1.50. The van der Waals surface area contributed by atoms with Gasteiger partial charge in [-0.25, -0.2) is 17.8 Å². The van der Waals surface area contributed by atoms with E-state index in [4.69, 9.17) is 0 Å². The van der Waals surface area contributed by atoms with Gasteiger partial charge in [-0.05, 0) is 53.9 Å².